The van der Waals surface area contributed by atoms with Gasteiger partial charge in [0.2, 0.25) is 0 Å². The predicted octanol–water partition coefficient (Wildman–Crippen LogP) is 1.72. The summed E-state index contributed by atoms with van der Waals surface area (Å²) < 4.78 is 11.2. The standard InChI is InChI=1S/C14H22N2O2S.ClH/c1-3-7-15-8-9-16-14(17)13-6-4-5-12(10-13)11-19(2)18;/h4-6,10,15H,3,7-9,11H2,1-2H3,(H,16,17);1H. The minimum Gasteiger partial charge on any atom is -0.351 e. The van der Waals surface area contributed by atoms with Crippen molar-refractivity contribution in [1.82, 2.24) is 10.6 Å². The second-order valence-electron chi connectivity index (χ2n) is 4.42. The zero-order chi connectivity index (χ0) is 14.1. The first-order chi connectivity index (χ1) is 9.13. The summed E-state index contributed by atoms with van der Waals surface area (Å²) >= 11 is 0. The molecule has 0 saturated heterocycles. The maximum atomic E-state index is 11.9. The van der Waals surface area contributed by atoms with Crippen LogP contribution in [0.2, 0.25) is 0 Å². The lowest BCUT2D eigenvalue weighted by molar-refractivity contribution is 0.0954. The maximum absolute atomic E-state index is 11.9. The number of hydrogen-bond acceptors (Lipinski definition) is 3. The Kier molecular flexibility index (Phi) is 10.3. The van der Waals surface area contributed by atoms with Crippen molar-refractivity contribution in [3.05, 3.63) is 35.4 Å². The number of nitrogens with one attached hydrogen (secondary N) is 2. The molecular weight excluding hydrogens is 296 g/mol. The number of rotatable bonds is 8. The van der Waals surface area contributed by atoms with Gasteiger partial charge in [-0.2, -0.15) is 0 Å². The van der Waals surface area contributed by atoms with Gasteiger partial charge in [0.05, 0.1) is 0 Å². The van der Waals surface area contributed by atoms with E-state index in [9.17, 15) is 9.00 Å². The van der Waals surface area contributed by atoms with Crippen LogP contribution in [0.15, 0.2) is 24.3 Å². The average Bonchev–Trinajstić information content (AvgIpc) is 2.38. The van der Waals surface area contributed by atoms with Crippen LogP contribution in [-0.4, -0.2) is 36.0 Å². The summed E-state index contributed by atoms with van der Waals surface area (Å²) in [6.45, 7) is 4.46. The second-order valence-corrected chi connectivity index (χ2v) is 5.86. The van der Waals surface area contributed by atoms with Gasteiger partial charge in [0.15, 0.2) is 0 Å². The van der Waals surface area contributed by atoms with E-state index in [1.54, 1.807) is 18.4 Å². The lowest BCUT2D eigenvalue weighted by atomic mass is 10.1. The summed E-state index contributed by atoms with van der Waals surface area (Å²) in [5.41, 5.74) is 1.55. The lowest BCUT2D eigenvalue weighted by Gasteiger charge is -2.07. The molecule has 114 valence electrons. The zero-order valence-corrected chi connectivity index (χ0v) is 13.6. The summed E-state index contributed by atoms with van der Waals surface area (Å²) in [6.07, 6.45) is 2.75. The molecule has 0 aliphatic heterocycles. The van der Waals surface area contributed by atoms with E-state index in [2.05, 4.69) is 17.6 Å². The van der Waals surface area contributed by atoms with E-state index in [4.69, 9.17) is 0 Å². The molecule has 0 aliphatic rings. The molecule has 0 radical (unpaired) electrons. The summed E-state index contributed by atoms with van der Waals surface area (Å²) in [5.74, 6) is 0.404. The van der Waals surface area contributed by atoms with Crippen LogP contribution in [0, 0.1) is 0 Å². The number of carbonyl (C=O) groups excluding carboxylic acids is 1. The van der Waals surface area contributed by atoms with Crippen LogP contribution in [0.5, 0.6) is 0 Å². The van der Waals surface area contributed by atoms with Crippen molar-refractivity contribution >= 4 is 29.1 Å². The van der Waals surface area contributed by atoms with Gasteiger partial charge < -0.3 is 10.6 Å². The van der Waals surface area contributed by atoms with E-state index in [0.29, 0.717) is 17.9 Å². The molecule has 1 aromatic rings. The molecule has 0 spiro atoms. The first-order valence-electron chi connectivity index (χ1n) is 6.51. The van der Waals surface area contributed by atoms with Crippen LogP contribution in [0.3, 0.4) is 0 Å². The molecule has 1 unspecified atom stereocenters. The maximum Gasteiger partial charge on any atom is 0.251 e. The van der Waals surface area contributed by atoms with Gasteiger partial charge in [-0.1, -0.05) is 19.1 Å². The van der Waals surface area contributed by atoms with Crippen LogP contribution in [0.25, 0.3) is 0 Å². The quantitative estimate of drug-likeness (QED) is 0.718. The lowest BCUT2D eigenvalue weighted by Crippen LogP contribution is -2.32. The number of hydrogen-bond donors (Lipinski definition) is 2. The molecule has 1 rings (SSSR count). The van der Waals surface area contributed by atoms with Crippen molar-refractivity contribution in [2.45, 2.75) is 19.1 Å². The van der Waals surface area contributed by atoms with Gasteiger partial charge in [-0.25, -0.2) is 0 Å². The van der Waals surface area contributed by atoms with E-state index >= 15 is 0 Å². The Morgan fingerprint density at radius 1 is 1.25 bits per heavy atom. The first kappa shape index (κ1) is 19.1. The minimum absolute atomic E-state index is 0. The van der Waals surface area contributed by atoms with Crippen LogP contribution in [-0.2, 0) is 16.6 Å². The number of amides is 1. The van der Waals surface area contributed by atoms with Crippen molar-refractivity contribution in [1.29, 1.82) is 0 Å². The van der Waals surface area contributed by atoms with E-state index in [1.165, 1.54) is 0 Å². The highest BCUT2D eigenvalue weighted by atomic mass is 35.5. The van der Waals surface area contributed by atoms with Crippen LogP contribution >= 0.6 is 12.4 Å². The molecule has 2 N–H and O–H groups in total. The summed E-state index contributed by atoms with van der Waals surface area (Å²) in [6, 6.07) is 7.29. The van der Waals surface area contributed by atoms with Crippen molar-refractivity contribution in [3.8, 4) is 0 Å². The molecule has 6 heteroatoms. The third-order valence-electron chi connectivity index (χ3n) is 2.57. The van der Waals surface area contributed by atoms with Crippen molar-refractivity contribution < 1.29 is 9.00 Å². The van der Waals surface area contributed by atoms with Gasteiger partial charge in [0, 0.05) is 41.5 Å². The molecule has 0 heterocycles. The van der Waals surface area contributed by atoms with Crippen molar-refractivity contribution in [2.24, 2.45) is 0 Å². The summed E-state index contributed by atoms with van der Waals surface area (Å²) in [5, 5.41) is 6.09. The molecule has 1 atom stereocenters. The Bertz CT molecular complexity index is 441. The normalized spacial score (nSPS) is 11.5. The van der Waals surface area contributed by atoms with Gasteiger partial charge in [-0.3, -0.25) is 9.00 Å². The van der Waals surface area contributed by atoms with Crippen molar-refractivity contribution in [3.63, 3.8) is 0 Å². The molecule has 4 nitrogen and oxygen atoms in total. The van der Waals surface area contributed by atoms with E-state index in [1.807, 2.05) is 12.1 Å². The van der Waals surface area contributed by atoms with Crippen molar-refractivity contribution in [2.75, 3.05) is 25.9 Å². The van der Waals surface area contributed by atoms with E-state index < -0.39 is 10.8 Å². The van der Waals surface area contributed by atoms with Gasteiger partial charge >= 0.3 is 0 Å². The predicted molar refractivity (Wildman–Crippen MR) is 87.0 cm³/mol. The highest BCUT2D eigenvalue weighted by Crippen LogP contribution is 2.07. The fourth-order valence-electron chi connectivity index (χ4n) is 1.71. The minimum atomic E-state index is -0.889. The van der Waals surface area contributed by atoms with Gasteiger partial charge in [-0.15, -0.1) is 12.4 Å². The third-order valence-corrected chi connectivity index (χ3v) is 3.31. The number of halogens is 1. The Morgan fingerprint density at radius 3 is 2.65 bits per heavy atom. The Hall–Kier alpha value is -0.910. The Labute approximate surface area is 129 Å². The molecule has 0 aromatic heterocycles. The Morgan fingerprint density at radius 2 is 2.00 bits per heavy atom. The van der Waals surface area contributed by atoms with Crippen LogP contribution in [0.1, 0.15) is 29.3 Å². The molecule has 1 amide bonds. The van der Waals surface area contributed by atoms with E-state index in [-0.39, 0.29) is 18.3 Å². The molecule has 0 aliphatic carbocycles. The monoisotopic (exact) mass is 318 g/mol. The molecule has 0 saturated carbocycles. The van der Waals surface area contributed by atoms with Gasteiger partial charge in [-0.05, 0) is 30.7 Å². The summed E-state index contributed by atoms with van der Waals surface area (Å²) in [4.78, 5) is 11.9. The fraction of sp³-hybridized carbons (Fsp3) is 0.500. The first-order valence-corrected chi connectivity index (χ1v) is 8.24. The van der Waals surface area contributed by atoms with Gasteiger partial charge in [0.25, 0.3) is 5.91 Å². The zero-order valence-electron chi connectivity index (χ0n) is 12.0. The SMILES string of the molecule is CCCNCCNC(=O)c1cccc(CS(C)=O)c1.Cl. The smallest absolute Gasteiger partial charge is 0.251 e. The molecule has 1 aromatic carbocycles. The van der Waals surface area contributed by atoms with E-state index in [0.717, 1.165) is 25.1 Å². The Balaban J connectivity index is 0.00000361. The van der Waals surface area contributed by atoms with Crippen LogP contribution < -0.4 is 10.6 Å². The highest BCUT2D eigenvalue weighted by Gasteiger charge is 2.06. The highest BCUT2D eigenvalue weighted by molar-refractivity contribution is 7.83. The molecule has 0 bridgehead atoms. The fourth-order valence-corrected chi connectivity index (χ4v) is 2.35. The number of benzene rings is 1. The average molecular weight is 319 g/mol. The van der Waals surface area contributed by atoms with Gasteiger partial charge in [0.1, 0.15) is 0 Å². The van der Waals surface area contributed by atoms with Crippen LogP contribution in [0.4, 0.5) is 0 Å². The second kappa shape index (κ2) is 10.8. The largest absolute Gasteiger partial charge is 0.351 e. The topological polar surface area (TPSA) is 58.2 Å². The molecule has 0 fully saturated rings. The molecular formula is C14H23ClN2O2S. The third kappa shape index (κ3) is 7.62. The summed E-state index contributed by atoms with van der Waals surface area (Å²) in [7, 11) is -0.889. The molecule has 20 heavy (non-hydrogen) atoms. The number of carbonyl (C=O) groups is 1.